The summed E-state index contributed by atoms with van der Waals surface area (Å²) in [7, 11) is 0. The van der Waals surface area contributed by atoms with Crippen LogP contribution < -0.4 is 15.4 Å². The zero-order valence-electron chi connectivity index (χ0n) is 14.9. The zero-order chi connectivity index (χ0) is 19.1. The Labute approximate surface area is 155 Å². The topological polar surface area (TPSA) is 95.2 Å². The molecular formula is C19H21N3O5. The Bertz CT molecular complexity index is 927. The minimum atomic E-state index is -0.981. The SMILES string of the molecule is Cc1cc(=O)n2c3c1N(C(=O)OCc1ccccc1)CC(O)N3C[C@H]2CO. The number of aliphatic hydroxyl groups excluding tert-OH is 2. The van der Waals surface area contributed by atoms with E-state index in [0.29, 0.717) is 23.6 Å². The van der Waals surface area contributed by atoms with Gasteiger partial charge >= 0.3 is 6.09 Å². The Morgan fingerprint density at radius 3 is 2.70 bits per heavy atom. The fourth-order valence-corrected chi connectivity index (χ4v) is 3.79. The molecule has 2 aliphatic rings. The first-order valence-corrected chi connectivity index (χ1v) is 8.81. The van der Waals surface area contributed by atoms with Crippen LogP contribution in [-0.2, 0) is 11.3 Å². The van der Waals surface area contributed by atoms with Gasteiger partial charge in [0.1, 0.15) is 18.7 Å². The van der Waals surface area contributed by atoms with Crippen LogP contribution in [0.2, 0.25) is 0 Å². The van der Waals surface area contributed by atoms with E-state index in [1.807, 2.05) is 30.3 Å². The highest BCUT2D eigenvalue weighted by atomic mass is 16.6. The lowest BCUT2D eigenvalue weighted by Crippen LogP contribution is -2.51. The quantitative estimate of drug-likeness (QED) is 0.835. The number of hydrogen-bond acceptors (Lipinski definition) is 6. The summed E-state index contributed by atoms with van der Waals surface area (Å²) in [5, 5.41) is 20.2. The smallest absolute Gasteiger partial charge is 0.414 e. The monoisotopic (exact) mass is 371 g/mol. The molecule has 8 nitrogen and oxygen atoms in total. The Hall–Kier alpha value is -2.84. The third-order valence-corrected chi connectivity index (χ3v) is 5.05. The molecule has 142 valence electrons. The lowest BCUT2D eigenvalue weighted by Gasteiger charge is -2.38. The third kappa shape index (κ3) is 2.87. The molecule has 2 atom stereocenters. The molecule has 8 heteroatoms. The minimum absolute atomic E-state index is 0.0256. The van der Waals surface area contributed by atoms with Crippen molar-refractivity contribution in [2.24, 2.45) is 0 Å². The molecule has 0 saturated heterocycles. The summed E-state index contributed by atoms with van der Waals surface area (Å²) >= 11 is 0. The maximum Gasteiger partial charge on any atom is 0.414 e. The maximum absolute atomic E-state index is 12.7. The van der Waals surface area contributed by atoms with E-state index in [1.165, 1.54) is 15.5 Å². The van der Waals surface area contributed by atoms with Gasteiger partial charge in [0, 0.05) is 12.6 Å². The first-order valence-electron chi connectivity index (χ1n) is 8.81. The number of aromatic nitrogens is 1. The Morgan fingerprint density at radius 2 is 2.00 bits per heavy atom. The number of aliphatic hydroxyl groups is 2. The highest BCUT2D eigenvalue weighted by Crippen LogP contribution is 2.42. The lowest BCUT2D eigenvalue weighted by molar-refractivity contribution is 0.132. The average Bonchev–Trinajstić information content (AvgIpc) is 3.06. The Morgan fingerprint density at radius 1 is 1.26 bits per heavy atom. The van der Waals surface area contributed by atoms with Crippen LogP contribution in [0, 0.1) is 6.92 Å². The number of rotatable bonds is 3. The van der Waals surface area contributed by atoms with Gasteiger partial charge in [0.25, 0.3) is 5.56 Å². The highest BCUT2D eigenvalue weighted by molar-refractivity contribution is 5.94. The van der Waals surface area contributed by atoms with Crippen molar-refractivity contribution in [2.45, 2.75) is 25.8 Å². The molecule has 27 heavy (non-hydrogen) atoms. The van der Waals surface area contributed by atoms with E-state index in [9.17, 15) is 19.8 Å². The Kier molecular flexibility index (Phi) is 4.37. The summed E-state index contributed by atoms with van der Waals surface area (Å²) in [6.07, 6.45) is -1.57. The number of benzene rings is 1. The van der Waals surface area contributed by atoms with Crippen LogP contribution >= 0.6 is 0 Å². The van der Waals surface area contributed by atoms with E-state index in [0.717, 1.165) is 5.56 Å². The van der Waals surface area contributed by atoms with Crippen molar-refractivity contribution < 1.29 is 19.7 Å². The minimum Gasteiger partial charge on any atom is -0.444 e. The summed E-state index contributed by atoms with van der Waals surface area (Å²) in [6, 6.07) is 10.3. The zero-order valence-corrected chi connectivity index (χ0v) is 14.9. The van der Waals surface area contributed by atoms with Crippen LogP contribution in [0.3, 0.4) is 0 Å². The van der Waals surface area contributed by atoms with E-state index in [1.54, 1.807) is 11.8 Å². The van der Waals surface area contributed by atoms with E-state index in [-0.39, 0.29) is 25.3 Å². The molecule has 0 aliphatic carbocycles. The van der Waals surface area contributed by atoms with E-state index in [2.05, 4.69) is 0 Å². The molecule has 4 rings (SSSR count). The van der Waals surface area contributed by atoms with Crippen molar-refractivity contribution in [1.29, 1.82) is 0 Å². The number of aryl methyl sites for hydroxylation is 1. The Balaban J connectivity index is 1.69. The van der Waals surface area contributed by atoms with Crippen molar-refractivity contribution in [3.63, 3.8) is 0 Å². The molecule has 0 spiro atoms. The number of β-amino-alcohol motifs (C(OH)–C–C–N with tert-alkyl or cyclic N) is 1. The summed E-state index contributed by atoms with van der Waals surface area (Å²) in [5.41, 5.74) is 1.75. The molecule has 0 radical (unpaired) electrons. The number of carbonyl (C=O) groups is 1. The highest BCUT2D eigenvalue weighted by Gasteiger charge is 2.43. The molecule has 0 fully saturated rings. The molecule has 0 bridgehead atoms. The second kappa shape index (κ2) is 6.71. The second-order valence-corrected chi connectivity index (χ2v) is 6.83. The maximum atomic E-state index is 12.7. The predicted octanol–water partition coefficient (Wildman–Crippen LogP) is 0.985. The number of carbonyl (C=O) groups excluding carboxylic acids is 1. The van der Waals surface area contributed by atoms with Gasteiger partial charge in [0.2, 0.25) is 0 Å². The fourth-order valence-electron chi connectivity index (χ4n) is 3.79. The third-order valence-electron chi connectivity index (χ3n) is 5.05. The number of nitrogens with zero attached hydrogens (tertiary/aromatic N) is 3. The van der Waals surface area contributed by atoms with Gasteiger partial charge in [-0.1, -0.05) is 30.3 Å². The van der Waals surface area contributed by atoms with Crippen molar-refractivity contribution in [2.75, 3.05) is 29.5 Å². The standard InChI is InChI=1S/C19H21N3O5/c1-12-7-15(24)22-14(10-23)8-20-16(25)9-21(17(12)18(20)22)19(26)27-11-13-5-3-2-4-6-13/h2-7,14,16,23,25H,8-11H2,1H3/t14-,16?/m0/s1. The second-order valence-electron chi connectivity index (χ2n) is 6.83. The van der Waals surface area contributed by atoms with Gasteiger partial charge in [0.15, 0.2) is 0 Å². The van der Waals surface area contributed by atoms with Gasteiger partial charge in [-0.15, -0.1) is 0 Å². The molecule has 2 aromatic rings. The van der Waals surface area contributed by atoms with Crippen LogP contribution in [0.5, 0.6) is 0 Å². The number of pyridine rings is 1. The molecule has 1 aromatic carbocycles. The summed E-state index contributed by atoms with van der Waals surface area (Å²) in [4.78, 5) is 28.2. The van der Waals surface area contributed by atoms with Gasteiger partial charge < -0.3 is 19.8 Å². The molecular weight excluding hydrogens is 350 g/mol. The van der Waals surface area contributed by atoms with Crippen LogP contribution in [0.4, 0.5) is 16.3 Å². The van der Waals surface area contributed by atoms with Gasteiger partial charge in [-0.2, -0.15) is 0 Å². The fraction of sp³-hybridized carbons (Fsp3) is 0.368. The van der Waals surface area contributed by atoms with Gasteiger partial charge in [-0.3, -0.25) is 14.3 Å². The first-order chi connectivity index (χ1) is 13.0. The molecule has 0 saturated carbocycles. The van der Waals surface area contributed by atoms with Gasteiger partial charge in [0.05, 0.1) is 24.9 Å². The van der Waals surface area contributed by atoms with Crippen molar-refractivity contribution >= 4 is 17.6 Å². The molecule has 2 aliphatic heterocycles. The van der Waals surface area contributed by atoms with Crippen molar-refractivity contribution in [3.8, 4) is 0 Å². The number of amides is 1. The largest absolute Gasteiger partial charge is 0.444 e. The van der Waals surface area contributed by atoms with Crippen LogP contribution in [0.15, 0.2) is 41.2 Å². The summed E-state index contributed by atoms with van der Waals surface area (Å²) < 4.78 is 6.87. The van der Waals surface area contributed by atoms with E-state index >= 15 is 0 Å². The summed E-state index contributed by atoms with van der Waals surface area (Å²) in [5.74, 6) is 0.453. The molecule has 3 heterocycles. The van der Waals surface area contributed by atoms with Gasteiger partial charge in [-0.05, 0) is 18.1 Å². The van der Waals surface area contributed by atoms with Gasteiger partial charge in [-0.25, -0.2) is 4.79 Å². The lowest BCUT2D eigenvalue weighted by atomic mass is 10.1. The molecule has 1 amide bonds. The van der Waals surface area contributed by atoms with Crippen molar-refractivity contribution in [3.05, 3.63) is 57.9 Å². The van der Waals surface area contributed by atoms with Crippen molar-refractivity contribution in [1.82, 2.24) is 4.57 Å². The molecule has 1 unspecified atom stereocenters. The van der Waals surface area contributed by atoms with Crippen LogP contribution in [0.25, 0.3) is 0 Å². The molecule has 1 aromatic heterocycles. The van der Waals surface area contributed by atoms with E-state index in [4.69, 9.17) is 4.74 Å². The number of ether oxygens (including phenoxy) is 1. The predicted molar refractivity (Wildman–Crippen MR) is 98.9 cm³/mol. The normalized spacial score (nSPS) is 20.6. The molecule has 2 N–H and O–H groups in total. The first kappa shape index (κ1) is 17.6. The van der Waals surface area contributed by atoms with Crippen LogP contribution in [-0.4, -0.2) is 46.8 Å². The van der Waals surface area contributed by atoms with Crippen LogP contribution in [0.1, 0.15) is 17.2 Å². The summed E-state index contributed by atoms with van der Waals surface area (Å²) in [6.45, 7) is 1.98. The number of hydrogen-bond donors (Lipinski definition) is 2. The number of anilines is 2. The average molecular weight is 371 g/mol. The van der Waals surface area contributed by atoms with E-state index < -0.39 is 18.4 Å².